The number of carbonyl (C=O) groups is 1. The van der Waals surface area contributed by atoms with Gasteiger partial charge in [-0.3, -0.25) is 4.79 Å². The Kier molecular flexibility index (Phi) is 6.13. The van der Waals surface area contributed by atoms with E-state index >= 15 is 0 Å². The van der Waals surface area contributed by atoms with Crippen LogP contribution in [-0.4, -0.2) is 16.9 Å². The molecule has 0 saturated heterocycles. The fraction of sp³-hybridized carbons (Fsp3) is 0.417. The van der Waals surface area contributed by atoms with Crippen LogP contribution in [0.15, 0.2) is 18.2 Å². The minimum atomic E-state index is -0.0813. The zero-order chi connectivity index (χ0) is 12.0. The van der Waals surface area contributed by atoms with E-state index in [0.29, 0.717) is 17.1 Å². The number of rotatable bonds is 5. The van der Waals surface area contributed by atoms with Gasteiger partial charge in [0.15, 0.2) is 0 Å². The number of aryl methyl sites for hydroxylation is 1. The molecule has 1 amide bonds. The topological polar surface area (TPSA) is 29.1 Å². The average Bonchev–Trinajstić information content (AvgIpc) is 2.28. The summed E-state index contributed by atoms with van der Waals surface area (Å²) in [4.78, 5) is 11.8. The first-order valence-electron chi connectivity index (χ1n) is 5.26. The Bertz CT molecular complexity index is 368. The van der Waals surface area contributed by atoms with Gasteiger partial charge in [-0.05, 0) is 35.8 Å². The molecule has 0 aromatic heterocycles. The first kappa shape index (κ1) is 13.8. The van der Waals surface area contributed by atoms with Crippen molar-refractivity contribution in [2.24, 2.45) is 0 Å². The average molecular weight is 352 g/mol. The number of nitrogens with one attached hydrogen (secondary N) is 1. The van der Waals surface area contributed by atoms with Crippen LogP contribution in [0.5, 0.6) is 0 Å². The third-order valence-electron chi connectivity index (χ3n) is 2.28. The summed E-state index contributed by atoms with van der Waals surface area (Å²) in [7, 11) is 0. The molecule has 1 aromatic rings. The zero-order valence-electron chi connectivity index (χ0n) is 9.22. The van der Waals surface area contributed by atoms with Crippen molar-refractivity contribution in [3.8, 4) is 0 Å². The Morgan fingerprint density at radius 2 is 2.19 bits per heavy atom. The van der Waals surface area contributed by atoms with Crippen LogP contribution >= 0.6 is 34.2 Å². The van der Waals surface area contributed by atoms with Crippen LogP contribution in [0.3, 0.4) is 0 Å². The maximum atomic E-state index is 11.8. The van der Waals surface area contributed by atoms with Gasteiger partial charge < -0.3 is 5.32 Å². The van der Waals surface area contributed by atoms with Gasteiger partial charge in [0.05, 0.1) is 10.6 Å². The smallest absolute Gasteiger partial charge is 0.252 e. The van der Waals surface area contributed by atoms with Crippen LogP contribution < -0.4 is 5.32 Å². The molecule has 2 nitrogen and oxygen atoms in total. The normalized spacial score (nSPS) is 10.2. The lowest BCUT2D eigenvalue weighted by atomic mass is 10.1. The summed E-state index contributed by atoms with van der Waals surface area (Å²) in [5, 5.41) is 3.42. The van der Waals surface area contributed by atoms with Crippen molar-refractivity contribution >= 4 is 40.1 Å². The van der Waals surface area contributed by atoms with Crippen LogP contribution in [-0.2, 0) is 0 Å². The molecule has 1 aromatic carbocycles. The van der Waals surface area contributed by atoms with Gasteiger partial charge in [-0.2, -0.15) is 0 Å². The van der Waals surface area contributed by atoms with E-state index in [1.54, 1.807) is 6.07 Å². The summed E-state index contributed by atoms with van der Waals surface area (Å²) >= 11 is 8.40. The lowest BCUT2D eigenvalue weighted by molar-refractivity contribution is 0.0953. The Hall–Kier alpha value is -0.290. The number of halogens is 2. The summed E-state index contributed by atoms with van der Waals surface area (Å²) in [5.74, 6) is -0.0813. The van der Waals surface area contributed by atoms with E-state index in [0.717, 1.165) is 22.8 Å². The predicted molar refractivity (Wildman–Crippen MR) is 76.6 cm³/mol. The van der Waals surface area contributed by atoms with Crippen LogP contribution in [0, 0.1) is 6.92 Å². The fourth-order valence-corrected chi connectivity index (χ4v) is 2.09. The first-order valence-corrected chi connectivity index (χ1v) is 7.16. The molecule has 4 heteroatoms. The SMILES string of the molecule is Cc1cccc(C(=O)NCCCCI)c1Cl. The second-order valence-corrected chi connectivity index (χ2v) is 5.05. The second-order valence-electron chi connectivity index (χ2n) is 3.59. The third-order valence-corrected chi connectivity index (χ3v) is 3.55. The van der Waals surface area contributed by atoms with Gasteiger partial charge in [-0.15, -0.1) is 0 Å². The molecule has 0 radical (unpaired) electrons. The predicted octanol–water partition coefficient (Wildman–Crippen LogP) is 3.59. The highest BCUT2D eigenvalue weighted by molar-refractivity contribution is 14.1. The standard InChI is InChI=1S/C12H15ClINO/c1-9-5-4-6-10(11(9)13)12(16)15-8-3-2-7-14/h4-6H,2-3,7-8H2,1H3,(H,15,16). The molecule has 0 bridgehead atoms. The number of hydrogen-bond donors (Lipinski definition) is 1. The lowest BCUT2D eigenvalue weighted by Crippen LogP contribution is -2.24. The molecule has 1 rings (SSSR count). The summed E-state index contributed by atoms with van der Waals surface area (Å²) < 4.78 is 1.12. The summed E-state index contributed by atoms with van der Waals surface area (Å²) in [6, 6.07) is 5.50. The molecule has 0 atom stereocenters. The van der Waals surface area contributed by atoms with Crippen molar-refractivity contribution in [3.63, 3.8) is 0 Å². The number of benzene rings is 1. The van der Waals surface area contributed by atoms with Gasteiger partial charge in [0.1, 0.15) is 0 Å². The molecule has 0 aliphatic carbocycles. The highest BCUT2D eigenvalue weighted by Gasteiger charge is 2.10. The van der Waals surface area contributed by atoms with E-state index in [9.17, 15) is 4.79 Å². The first-order chi connectivity index (χ1) is 7.66. The van der Waals surface area contributed by atoms with Crippen molar-refractivity contribution in [2.45, 2.75) is 19.8 Å². The minimum absolute atomic E-state index is 0.0813. The molecule has 0 unspecified atom stereocenters. The van der Waals surface area contributed by atoms with Gasteiger partial charge in [0.2, 0.25) is 0 Å². The minimum Gasteiger partial charge on any atom is -0.352 e. The van der Waals surface area contributed by atoms with Crippen molar-refractivity contribution in [2.75, 3.05) is 11.0 Å². The molecular formula is C12H15ClINO. The second kappa shape index (κ2) is 7.12. The summed E-state index contributed by atoms with van der Waals surface area (Å²) in [5.41, 5.74) is 1.50. The van der Waals surface area contributed by atoms with Gasteiger partial charge in [-0.1, -0.05) is 46.3 Å². The van der Waals surface area contributed by atoms with E-state index in [2.05, 4.69) is 27.9 Å². The zero-order valence-corrected chi connectivity index (χ0v) is 12.1. The van der Waals surface area contributed by atoms with Crippen molar-refractivity contribution in [1.82, 2.24) is 5.32 Å². The van der Waals surface area contributed by atoms with Gasteiger partial charge in [0.25, 0.3) is 5.91 Å². The maximum absolute atomic E-state index is 11.8. The molecule has 0 spiro atoms. The van der Waals surface area contributed by atoms with E-state index in [1.165, 1.54) is 0 Å². The summed E-state index contributed by atoms with van der Waals surface area (Å²) in [6.07, 6.45) is 2.14. The van der Waals surface area contributed by atoms with Crippen LogP contribution in [0.4, 0.5) is 0 Å². The van der Waals surface area contributed by atoms with Gasteiger partial charge >= 0.3 is 0 Å². The molecule has 88 valence electrons. The van der Waals surface area contributed by atoms with E-state index in [4.69, 9.17) is 11.6 Å². The third kappa shape index (κ3) is 3.94. The highest BCUT2D eigenvalue weighted by Crippen LogP contribution is 2.19. The molecule has 0 fully saturated rings. The van der Waals surface area contributed by atoms with Crippen molar-refractivity contribution in [3.05, 3.63) is 34.3 Å². The Morgan fingerprint density at radius 3 is 2.88 bits per heavy atom. The Morgan fingerprint density at radius 1 is 1.44 bits per heavy atom. The van der Waals surface area contributed by atoms with Gasteiger partial charge in [0, 0.05) is 6.54 Å². The number of carbonyl (C=O) groups excluding carboxylic acids is 1. The van der Waals surface area contributed by atoms with Crippen molar-refractivity contribution in [1.29, 1.82) is 0 Å². The van der Waals surface area contributed by atoms with Crippen LogP contribution in [0.1, 0.15) is 28.8 Å². The van der Waals surface area contributed by atoms with E-state index in [-0.39, 0.29) is 5.91 Å². The molecule has 1 N–H and O–H groups in total. The van der Waals surface area contributed by atoms with E-state index < -0.39 is 0 Å². The quantitative estimate of drug-likeness (QED) is 0.490. The number of hydrogen-bond acceptors (Lipinski definition) is 1. The lowest BCUT2D eigenvalue weighted by Gasteiger charge is -2.07. The fourth-order valence-electron chi connectivity index (χ4n) is 1.34. The molecule has 0 saturated carbocycles. The largest absolute Gasteiger partial charge is 0.352 e. The monoisotopic (exact) mass is 351 g/mol. The van der Waals surface area contributed by atoms with E-state index in [1.807, 2.05) is 19.1 Å². The van der Waals surface area contributed by atoms with Crippen molar-refractivity contribution < 1.29 is 4.79 Å². The van der Waals surface area contributed by atoms with Crippen LogP contribution in [0.2, 0.25) is 5.02 Å². The van der Waals surface area contributed by atoms with Gasteiger partial charge in [-0.25, -0.2) is 0 Å². The number of amides is 1. The number of unbranched alkanes of at least 4 members (excludes halogenated alkanes) is 1. The Labute approximate surface area is 115 Å². The molecular weight excluding hydrogens is 336 g/mol. The molecule has 16 heavy (non-hydrogen) atoms. The van der Waals surface area contributed by atoms with Crippen LogP contribution in [0.25, 0.3) is 0 Å². The molecule has 0 aliphatic heterocycles. The Balaban J connectivity index is 2.56. The summed E-state index contributed by atoms with van der Waals surface area (Å²) in [6.45, 7) is 2.61. The maximum Gasteiger partial charge on any atom is 0.252 e. The molecule has 0 aliphatic rings. The number of alkyl halides is 1. The molecule has 0 heterocycles. The highest BCUT2D eigenvalue weighted by atomic mass is 127.